The highest BCUT2D eigenvalue weighted by atomic mass is 32.1. The molecule has 8 aromatic rings. The van der Waals surface area contributed by atoms with Crippen molar-refractivity contribution in [3.63, 3.8) is 0 Å². The fourth-order valence-corrected chi connectivity index (χ4v) is 14.3. The van der Waals surface area contributed by atoms with Crippen LogP contribution in [0.2, 0.25) is 0 Å². The minimum atomic E-state index is 0.0774. The van der Waals surface area contributed by atoms with Crippen molar-refractivity contribution in [3.8, 4) is 11.1 Å². The molecule has 0 fully saturated rings. The van der Waals surface area contributed by atoms with Crippen LogP contribution >= 0.6 is 22.7 Å². The van der Waals surface area contributed by atoms with E-state index in [2.05, 4.69) is 169 Å². The quantitative estimate of drug-likeness (QED) is 0.151. The zero-order valence-electron chi connectivity index (χ0n) is 35.1. The van der Waals surface area contributed by atoms with Crippen LogP contribution in [0.5, 0.6) is 0 Å². The number of benzene rings is 5. The molecule has 0 unspecified atom stereocenters. The summed E-state index contributed by atoms with van der Waals surface area (Å²) < 4.78 is 7.06. The number of hydrogen-bond acceptors (Lipinski definition) is 3. The first-order chi connectivity index (χ1) is 27.1. The highest BCUT2D eigenvalue weighted by Gasteiger charge is 2.47. The number of aromatic nitrogens is 1. The molecule has 0 amide bonds. The molecule has 0 spiro atoms. The topological polar surface area (TPSA) is 8.17 Å². The highest BCUT2D eigenvalue weighted by Crippen LogP contribution is 2.55. The first kappa shape index (κ1) is 34.7. The van der Waals surface area contributed by atoms with Gasteiger partial charge in [0.2, 0.25) is 0 Å². The number of fused-ring (bicyclic) bond motifs is 13. The normalized spacial score (nSPS) is 19.3. The van der Waals surface area contributed by atoms with E-state index in [1.54, 1.807) is 5.56 Å². The maximum atomic E-state index is 2.79. The smallest absolute Gasteiger partial charge is 0.344 e. The Balaban J connectivity index is 1.26. The first-order valence-electron chi connectivity index (χ1n) is 21.2. The Morgan fingerprint density at radius 3 is 1.91 bits per heavy atom. The van der Waals surface area contributed by atoms with Gasteiger partial charge in [0.25, 0.3) is 0 Å². The van der Waals surface area contributed by atoms with Crippen molar-refractivity contribution in [2.75, 3.05) is 4.90 Å². The molecule has 2 nitrogen and oxygen atoms in total. The molecule has 2 aliphatic heterocycles. The summed E-state index contributed by atoms with van der Waals surface area (Å²) in [6.07, 6.45) is 4.84. The third-order valence-electron chi connectivity index (χ3n) is 15.3. The summed E-state index contributed by atoms with van der Waals surface area (Å²) in [7, 11) is 0. The molecular weight excluding hydrogens is 728 g/mol. The van der Waals surface area contributed by atoms with E-state index in [1.807, 2.05) is 11.3 Å². The molecule has 284 valence electrons. The lowest BCUT2D eigenvalue weighted by Gasteiger charge is -2.44. The molecule has 4 aliphatic rings. The second kappa shape index (κ2) is 10.8. The van der Waals surface area contributed by atoms with Crippen molar-refractivity contribution in [2.45, 2.75) is 117 Å². The molecule has 0 saturated carbocycles. The third-order valence-corrected chi connectivity index (χ3v) is 17.6. The van der Waals surface area contributed by atoms with E-state index in [-0.39, 0.29) is 28.5 Å². The van der Waals surface area contributed by atoms with Gasteiger partial charge in [0.1, 0.15) is 0 Å². The maximum absolute atomic E-state index is 2.79. The Morgan fingerprint density at radius 2 is 1.19 bits per heavy atom. The van der Waals surface area contributed by atoms with Crippen LogP contribution in [0.3, 0.4) is 0 Å². The van der Waals surface area contributed by atoms with Crippen LogP contribution in [0.25, 0.3) is 52.4 Å². The summed E-state index contributed by atoms with van der Waals surface area (Å²) in [5.74, 6) is 0. The molecule has 5 heteroatoms. The van der Waals surface area contributed by atoms with Crippen molar-refractivity contribution in [1.82, 2.24) is 4.48 Å². The largest absolute Gasteiger partial charge is 0.366 e. The number of para-hydroxylation sites is 1. The van der Waals surface area contributed by atoms with Crippen LogP contribution in [0.4, 0.5) is 17.1 Å². The molecule has 0 saturated heterocycles. The molecule has 5 aromatic carbocycles. The average molecular weight is 779 g/mol. The standard InChI is InChI=1S/C52H51BN2S2/c1-28-22-33-30-15-13-16-32-43-31-14-11-12-17-41(31)57-48(43)55(45(30)32)53-44(33)40(23-28)54(39-26-37-35(24-29(39)2)49(3,4)18-20-51(37,7)8)46-34-25-36-38(27-42(34)56-47(46)53)52(9,10)21-19-50(36,5)6/h11-17,22-27H,18-21H2,1-10H3. The molecule has 2 aliphatic carbocycles. The Morgan fingerprint density at radius 1 is 0.561 bits per heavy atom. The molecule has 57 heavy (non-hydrogen) atoms. The molecule has 12 rings (SSSR count). The van der Waals surface area contributed by atoms with Gasteiger partial charge in [0, 0.05) is 58.2 Å². The van der Waals surface area contributed by atoms with Crippen molar-refractivity contribution in [1.29, 1.82) is 0 Å². The average Bonchev–Trinajstić information content (AvgIpc) is 3.83. The van der Waals surface area contributed by atoms with Gasteiger partial charge >= 0.3 is 6.85 Å². The molecule has 3 aromatic heterocycles. The number of aryl methyl sites for hydroxylation is 2. The van der Waals surface area contributed by atoms with E-state index < -0.39 is 0 Å². The summed E-state index contributed by atoms with van der Waals surface area (Å²) in [5, 5.41) is 5.59. The minimum absolute atomic E-state index is 0.0774. The zero-order valence-corrected chi connectivity index (χ0v) is 36.8. The van der Waals surface area contributed by atoms with Crippen molar-refractivity contribution < 1.29 is 0 Å². The second-order valence-electron chi connectivity index (χ2n) is 20.8. The predicted octanol–water partition coefficient (Wildman–Crippen LogP) is 14.0. The van der Waals surface area contributed by atoms with Crippen LogP contribution in [0, 0.1) is 13.8 Å². The lowest BCUT2D eigenvalue weighted by molar-refractivity contribution is 0.332. The maximum Gasteiger partial charge on any atom is 0.344 e. The summed E-state index contributed by atoms with van der Waals surface area (Å²) in [4.78, 5) is 4.15. The Labute approximate surface area is 345 Å². The molecule has 0 N–H and O–H groups in total. The van der Waals surface area contributed by atoms with Gasteiger partial charge in [-0.15, -0.1) is 22.7 Å². The molecule has 0 radical (unpaired) electrons. The number of thiophene rings is 2. The van der Waals surface area contributed by atoms with Crippen molar-refractivity contribution in [2.24, 2.45) is 0 Å². The van der Waals surface area contributed by atoms with Crippen LogP contribution in [-0.2, 0) is 21.7 Å². The second-order valence-corrected chi connectivity index (χ2v) is 22.9. The number of hydrogen-bond donors (Lipinski definition) is 0. The fraction of sp³-hybridized carbons (Fsp3) is 0.346. The van der Waals surface area contributed by atoms with Gasteiger partial charge in [-0.3, -0.25) is 0 Å². The predicted molar refractivity (Wildman–Crippen MR) is 251 cm³/mol. The monoisotopic (exact) mass is 778 g/mol. The van der Waals surface area contributed by atoms with E-state index in [0.717, 1.165) is 0 Å². The van der Waals surface area contributed by atoms with E-state index >= 15 is 0 Å². The summed E-state index contributed by atoms with van der Waals surface area (Å²) in [6, 6.07) is 31.7. The Hall–Kier alpha value is -4.32. The SMILES string of the molecule is Cc1cc2c3c(c1)N(c1cc4c(cc1C)C(C)(C)CCC4(C)C)c1c(sc4cc5c(cc14)C(C)(C)CCC5(C)C)B3n1c3sc4ccccc4c3c3cccc-2c31. The van der Waals surface area contributed by atoms with Crippen molar-refractivity contribution in [3.05, 3.63) is 112 Å². The van der Waals surface area contributed by atoms with Gasteiger partial charge in [0.05, 0.1) is 10.5 Å². The summed E-state index contributed by atoms with van der Waals surface area (Å²) in [5.41, 5.74) is 19.0. The van der Waals surface area contributed by atoms with Gasteiger partial charge < -0.3 is 9.38 Å². The van der Waals surface area contributed by atoms with Gasteiger partial charge in [-0.05, 0) is 136 Å². The molecule has 5 heterocycles. The lowest BCUT2D eigenvalue weighted by Crippen LogP contribution is -2.55. The van der Waals surface area contributed by atoms with Crippen LogP contribution in [0.1, 0.15) is 114 Å². The van der Waals surface area contributed by atoms with Gasteiger partial charge in [-0.25, -0.2) is 0 Å². The Bertz CT molecular complexity index is 3130. The van der Waals surface area contributed by atoms with Crippen molar-refractivity contribution >= 4 is 98.1 Å². The molecule has 0 atom stereocenters. The van der Waals surface area contributed by atoms with Crippen LogP contribution in [-0.4, -0.2) is 11.3 Å². The lowest BCUT2D eigenvalue weighted by atomic mass is 9.48. The van der Waals surface area contributed by atoms with Gasteiger partial charge in [0.15, 0.2) is 0 Å². The number of rotatable bonds is 1. The molecular formula is C52H51BN2S2. The van der Waals surface area contributed by atoms with Gasteiger partial charge in [-0.1, -0.05) is 104 Å². The van der Waals surface area contributed by atoms with Crippen LogP contribution < -0.4 is 15.1 Å². The highest BCUT2D eigenvalue weighted by molar-refractivity contribution is 7.32. The van der Waals surface area contributed by atoms with Gasteiger partial charge in [-0.2, -0.15) is 0 Å². The Kier molecular flexibility index (Phi) is 6.60. The third kappa shape index (κ3) is 4.38. The number of anilines is 3. The fourth-order valence-electron chi connectivity index (χ4n) is 11.8. The summed E-state index contributed by atoms with van der Waals surface area (Å²) >= 11 is 4.05. The summed E-state index contributed by atoms with van der Waals surface area (Å²) in [6.45, 7) is 24.6. The number of nitrogens with zero attached hydrogens (tertiary/aromatic N) is 2. The van der Waals surface area contributed by atoms with Crippen LogP contribution in [0.15, 0.2) is 78.9 Å². The van der Waals surface area contributed by atoms with E-state index in [4.69, 9.17) is 0 Å². The molecule has 0 bridgehead atoms. The van der Waals surface area contributed by atoms with E-state index in [9.17, 15) is 0 Å². The minimum Gasteiger partial charge on any atom is -0.366 e. The van der Waals surface area contributed by atoms with E-state index in [0.29, 0.717) is 0 Å². The zero-order chi connectivity index (χ0) is 39.3. The van der Waals surface area contributed by atoms with E-state index in [1.165, 1.54) is 133 Å². The first-order valence-corrected chi connectivity index (χ1v) is 22.9.